The van der Waals surface area contributed by atoms with Crippen LogP contribution in [0.3, 0.4) is 0 Å². The van der Waals surface area contributed by atoms with E-state index in [1.807, 2.05) is 60.0 Å². The van der Waals surface area contributed by atoms with Crippen molar-refractivity contribution in [2.24, 2.45) is 7.05 Å². The summed E-state index contributed by atoms with van der Waals surface area (Å²) in [5.74, 6) is 0.709. The number of H-pyrrole nitrogens is 1. The Morgan fingerprint density at radius 2 is 2.12 bits per heavy atom. The van der Waals surface area contributed by atoms with Crippen molar-refractivity contribution in [2.45, 2.75) is 26.3 Å². The number of benzene rings is 1. The third-order valence-corrected chi connectivity index (χ3v) is 4.58. The molecule has 0 amide bonds. The van der Waals surface area contributed by atoms with Crippen LogP contribution in [-0.2, 0) is 20.0 Å². The topological polar surface area (TPSA) is 68.5 Å². The maximum Gasteiger partial charge on any atom is 0.259 e. The van der Waals surface area contributed by atoms with Crippen LogP contribution in [0.25, 0.3) is 22.3 Å². The minimum absolute atomic E-state index is 0.110. The minimum Gasteiger partial charge on any atom is -0.331 e. The summed E-state index contributed by atoms with van der Waals surface area (Å²) in [6, 6.07) is 7.94. The van der Waals surface area contributed by atoms with Gasteiger partial charge in [-0.1, -0.05) is 11.6 Å². The number of rotatable bonds is 5. The molecule has 0 unspecified atom stereocenters. The summed E-state index contributed by atoms with van der Waals surface area (Å²) >= 11 is 0. The third kappa shape index (κ3) is 3.18. The predicted molar refractivity (Wildman–Crippen MR) is 102 cm³/mol. The van der Waals surface area contributed by atoms with E-state index in [2.05, 4.69) is 21.1 Å². The first kappa shape index (κ1) is 16.3. The highest BCUT2D eigenvalue weighted by atomic mass is 16.1. The SMILES string of the molecule is Cc1ccc2[nH]c(=O)c(-c3nccn3CCCc3cnn(C)c3)cc2c1. The number of imidazole rings is 1. The zero-order valence-electron chi connectivity index (χ0n) is 14.9. The standard InChI is InChI=1S/C20H21N5O/c1-14-5-6-18-16(10-14)11-17(20(26)23-18)19-21-7-9-25(19)8-3-4-15-12-22-24(2)13-15/h5-7,9-13H,3-4,8H2,1-2H3,(H,23,26). The molecule has 0 radical (unpaired) electrons. The highest BCUT2D eigenvalue weighted by Gasteiger charge is 2.11. The van der Waals surface area contributed by atoms with E-state index in [4.69, 9.17) is 0 Å². The smallest absolute Gasteiger partial charge is 0.259 e. The molecular formula is C20H21N5O. The lowest BCUT2D eigenvalue weighted by Crippen LogP contribution is -2.12. The van der Waals surface area contributed by atoms with Gasteiger partial charge in [-0.25, -0.2) is 4.98 Å². The molecule has 1 N–H and O–H groups in total. The molecule has 6 heteroatoms. The van der Waals surface area contributed by atoms with Gasteiger partial charge >= 0.3 is 0 Å². The van der Waals surface area contributed by atoms with Crippen LogP contribution >= 0.6 is 0 Å². The number of fused-ring (bicyclic) bond motifs is 1. The van der Waals surface area contributed by atoms with E-state index >= 15 is 0 Å². The number of hydrogen-bond acceptors (Lipinski definition) is 3. The highest BCUT2D eigenvalue weighted by Crippen LogP contribution is 2.20. The lowest BCUT2D eigenvalue weighted by atomic mass is 10.1. The van der Waals surface area contributed by atoms with Crippen molar-refractivity contribution in [3.63, 3.8) is 0 Å². The molecule has 4 rings (SSSR count). The summed E-state index contributed by atoms with van der Waals surface area (Å²) in [5, 5.41) is 5.22. The predicted octanol–water partition coefficient (Wildman–Crippen LogP) is 3.07. The van der Waals surface area contributed by atoms with Crippen molar-refractivity contribution in [1.29, 1.82) is 0 Å². The van der Waals surface area contributed by atoms with Gasteiger partial charge in [-0.05, 0) is 48.9 Å². The zero-order valence-corrected chi connectivity index (χ0v) is 14.9. The molecule has 6 nitrogen and oxygen atoms in total. The van der Waals surface area contributed by atoms with Gasteiger partial charge in [-0.2, -0.15) is 5.10 Å². The molecule has 0 fully saturated rings. The zero-order chi connectivity index (χ0) is 18.1. The Morgan fingerprint density at radius 1 is 1.23 bits per heavy atom. The number of pyridine rings is 1. The van der Waals surface area contributed by atoms with Gasteiger partial charge in [0.25, 0.3) is 5.56 Å². The molecule has 132 valence electrons. The summed E-state index contributed by atoms with van der Waals surface area (Å²) in [6.07, 6.45) is 9.51. The van der Waals surface area contributed by atoms with Crippen molar-refractivity contribution >= 4 is 10.9 Å². The molecule has 0 aliphatic carbocycles. The fourth-order valence-electron chi connectivity index (χ4n) is 3.28. The molecule has 0 spiro atoms. The van der Waals surface area contributed by atoms with Gasteiger partial charge in [-0.15, -0.1) is 0 Å². The Balaban J connectivity index is 1.60. The lowest BCUT2D eigenvalue weighted by molar-refractivity contribution is 0.647. The fourth-order valence-corrected chi connectivity index (χ4v) is 3.28. The molecule has 3 aromatic heterocycles. The summed E-state index contributed by atoms with van der Waals surface area (Å²) in [6.45, 7) is 2.85. The molecule has 0 saturated heterocycles. The quantitative estimate of drug-likeness (QED) is 0.603. The third-order valence-electron chi connectivity index (χ3n) is 4.58. The van der Waals surface area contributed by atoms with Crippen LogP contribution < -0.4 is 5.56 Å². The Hall–Kier alpha value is -3.15. The van der Waals surface area contributed by atoms with Gasteiger partial charge in [-0.3, -0.25) is 9.48 Å². The molecule has 0 saturated carbocycles. The largest absolute Gasteiger partial charge is 0.331 e. The number of nitrogens with zero attached hydrogens (tertiary/aromatic N) is 4. The molecule has 0 aliphatic rings. The van der Waals surface area contributed by atoms with Gasteiger partial charge in [0.2, 0.25) is 0 Å². The Kier molecular flexibility index (Phi) is 4.16. The van der Waals surface area contributed by atoms with Gasteiger partial charge in [0.1, 0.15) is 5.82 Å². The van der Waals surface area contributed by atoms with E-state index in [0.29, 0.717) is 11.4 Å². The normalized spacial score (nSPS) is 11.3. The molecular weight excluding hydrogens is 326 g/mol. The van der Waals surface area contributed by atoms with Gasteiger partial charge < -0.3 is 9.55 Å². The van der Waals surface area contributed by atoms with Crippen molar-refractivity contribution < 1.29 is 0 Å². The van der Waals surface area contributed by atoms with Crippen LogP contribution in [0.1, 0.15) is 17.5 Å². The van der Waals surface area contributed by atoms with Crippen molar-refractivity contribution in [3.8, 4) is 11.4 Å². The van der Waals surface area contributed by atoms with Gasteiger partial charge in [0, 0.05) is 37.7 Å². The molecule has 0 atom stereocenters. The number of hydrogen-bond donors (Lipinski definition) is 1. The first-order valence-electron chi connectivity index (χ1n) is 8.73. The fraction of sp³-hybridized carbons (Fsp3) is 0.250. The second-order valence-electron chi connectivity index (χ2n) is 6.67. The minimum atomic E-state index is -0.110. The molecule has 1 aromatic carbocycles. The van der Waals surface area contributed by atoms with Crippen LogP contribution in [0, 0.1) is 6.92 Å². The van der Waals surface area contributed by atoms with E-state index in [-0.39, 0.29) is 5.56 Å². The van der Waals surface area contributed by atoms with Crippen LogP contribution in [0.15, 0.2) is 53.8 Å². The maximum absolute atomic E-state index is 12.5. The summed E-state index contributed by atoms with van der Waals surface area (Å²) in [5.41, 5.74) is 3.72. The van der Waals surface area contributed by atoms with Crippen LogP contribution in [-0.4, -0.2) is 24.3 Å². The molecule has 4 aromatic rings. The Morgan fingerprint density at radius 3 is 2.92 bits per heavy atom. The van der Waals surface area contributed by atoms with Crippen LogP contribution in [0.5, 0.6) is 0 Å². The molecule has 0 bridgehead atoms. The molecule has 3 heterocycles. The number of aromatic amines is 1. The summed E-state index contributed by atoms with van der Waals surface area (Å²) in [7, 11) is 1.92. The number of aryl methyl sites for hydroxylation is 4. The first-order valence-corrected chi connectivity index (χ1v) is 8.73. The van der Waals surface area contributed by atoms with Crippen molar-refractivity contribution in [1.82, 2.24) is 24.3 Å². The average Bonchev–Trinajstić information content (AvgIpc) is 3.24. The molecule has 0 aliphatic heterocycles. The second kappa shape index (κ2) is 6.63. The van der Waals surface area contributed by atoms with Crippen LogP contribution in [0.4, 0.5) is 0 Å². The Labute approximate surface area is 151 Å². The monoisotopic (exact) mass is 347 g/mol. The second-order valence-corrected chi connectivity index (χ2v) is 6.67. The van der Waals surface area contributed by atoms with Crippen LogP contribution in [0.2, 0.25) is 0 Å². The van der Waals surface area contributed by atoms with Gasteiger partial charge in [0.05, 0.1) is 11.8 Å². The van der Waals surface area contributed by atoms with E-state index in [0.717, 1.165) is 35.9 Å². The molecule has 26 heavy (non-hydrogen) atoms. The maximum atomic E-state index is 12.5. The first-order chi connectivity index (χ1) is 12.6. The number of nitrogens with one attached hydrogen (secondary N) is 1. The van der Waals surface area contributed by atoms with E-state index < -0.39 is 0 Å². The van der Waals surface area contributed by atoms with E-state index in [9.17, 15) is 4.79 Å². The summed E-state index contributed by atoms with van der Waals surface area (Å²) < 4.78 is 3.86. The summed E-state index contributed by atoms with van der Waals surface area (Å²) in [4.78, 5) is 19.9. The number of aromatic nitrogens is 5. The van der Waals surface area contributed by atoms with E-state index in [1.165, 1.54) is 5.56 Å². The van der Waals surface area contributed by atoms with Gasteiger partial charge in [0.15, 0.2) is 0 Å². The Bertz CT molecular complexity index is 1120. The highest BCUT2D eigenvalue weighted by molar-refractivity contribution is 5.83. The van der Waals surface area contributed by atoms with Crippen molar-refractivity contribution in [3.05, 3.63) is 70.5 Å². The van der Waals surface area contributed by atoms with E-state index in [1.54, 1.807) is 6.20 Å². The van der Waals surface area contributed by atoms with Crippen molar-refractivity contribution in [2.75, 3.05) is 0 Å². The average molecular weight is 347 g/mol. The lowest BCUT2D eigenvalue weighted by Gasteiger charge is -2.08.